The van der Waals surface area contributed by atoms with Crippen LogP contribution in [0.15, 0.2) is 0 Å². The molecule has 5 heteroatoms. The van der Waals surface area contributed by atoms with Crippen LogP contribution in [-0.4, -0.2) is 75.4 Å². The van der Waals surface area contributed by atoms with Crippen LogP contribution < -0.4 is 0 Å². The van der Waals surface area contributed by atoms with Crippen LogP contribution in [0.25, 0.3) is 0 Å². The molecule has 0 saturated carbocycles. The monoisotopic (exact) mass is 249 g/mol. The quantitative estimate of drug-likeness (QED) is 0.503. The lowest BCUT2D eigenvalue weighted by atomic mass is 9.92. The molecular formula is C12H27NO4. The van der Waals surface area contributed by atoms with Crippen molar-refractivity contribution in [2.75, 3.05) is 60.3 Å². The zero-order chi connectivity index (χ0) is 13.1. The van der Waals surface area contributed by atoms with Gasteiger partial charge in [0.1, 0.15) is 0 Å². The van der Waals surface area contributed by atoms with Crippen LogP contribution in [0.3, 0.4) is 0 Å². The summed E-state index contributed by atoms with van der Waals surface area (Å²) in [4.78, 5) is 2.19. The Labute approximate surface area is 104 Å². The fourth-order valence-electron chi connectivity index (χ4n) is 1.61. The summed E-state index contributed by atoms with van der Waals surface area (Å²) in [5, 5.41) is 18.6. The van der Waals surface area contributed by atoms with E-state index >= 15 is 0 Å². The molecule has 0 unspecified atom stereocenters. The van der Waals surface area contributed by atoms with Gasteiger partial charge in [-0.3, -0.25) is 0 Å². The van der Waals surface area contributed by atoms with E-state index in [-0.39, 0.29) is 13.2 Å². The number of ether oxygens (including phenoxy) is 2. The normalized spacial score (nSPS) is 12.4. The first kappa shape index (κ1) is 16.8. The molecular weight excluding hydrogens is 222 g/mol. The molecule has 0 aliphatic carbocycles. The predicted octanol–water partition coefficient (Wildman–Crippen LogP) is -0.0378. The summed E-state index contributed by atoms with van der Waals surface area (Å²) >= 11 is 0. The topological polar surface area (TPSA) is 62.2 Å². The number of rotatable bonds is 11. The smallest absolute Gasteiger partial charge is 0.0589 e. The van der Waals surface area contributed by atoms with Crippen LogP contribution in [0.4, 0.5) is 0 Å². The minimum absolute atomic E-state index is 0.0166. The fraction of sp³-hybridized carbons (Fsp3) is 1.00. The van der Waals surface area contributed by atoms with Crippen molar-refractivity contribution in [3.8, 4) is 0 Å². The molecule has 0 fully saturated rings. The van der Waals surface area contributed by atoms with Gasteiger partial charge >= 0.3 is 0 Å². The standard InChI is InChI=1S/C12H27NO4/c1-12(10-14,11-15)9-13(6-8-17-3)5-4-7-16-2/h14-15H,4-11H2,1-3H3. The van der Waals surface area contributed by atoms with Crippen LogP contribution in [0.5, 0.6) is 0 Å². The first-order chi connectivity index (χ1) is 8.11. The van der Waals surface area contributed by atoms with Gasteiger partial charge < -0.3 is 24.6 Å². The minimum Gasteiger partial charge on any atom is -0.396 e. The second-order valence-electron chi connectivity index (χ2n) is 4.74. The summed E-state index contributed by atoms with van der Waals surface area (Å²) in [6.07, 6.45) is 0.938. The van der Waals surface area contributed by atoms with Crippen molar-refractivity contribution in [2.45, 2.75) is 13.3 Å². The second-order valence-corrected chi connectivity index (χ2v) is 4.74. The van der Waals surface area contributed by atoms with Crippen molar-refractivity contribution in [3.63, 3.8) is 0 Å². The summed E-state index contributed by atoms with van der Waals surface area (Å²) in [5.74, 6) is 0. The third-order valence-electron chi connectivity index (χ3n) is 2.80. The molecule has 0 heterocycles. The Hall–Kier alpha value is -0.200. The van der Waals surface area contributed by atoms with E-state index in [0.717, 1.165) is 26.1 Å². The fourth-order valence-corrected chi connectivity index (χ4v) is 1.61. The van der Waals surface area contributed by atoms with Crippen molar-refractivity contribution in [2.24, 2.45) is 5.41 Å². The molecule has 2 N–H and O–H groups in total. The van der Waals surface area contributed by atoms with Gasteiger partial charge in [0, 0.05) is 45.9 Å². The Kier molecular flexibility index (Phi) is 9.68. The van der Waals surface area contributed by atoms with Crippen molar-refractivity contribution >= 4 is 0 Å². The molecule has 0 aromatic heterocycles. The summed E-state index contributed by atoms with van der Waals surface area (Å²) in [6, 6.07) is 0. The number of hydrogen-bond donors (Lipinski definition) is 2. The molecule has 0 aliphatic rings. The summed E-state index contributed by atoms with van der Waals surface area (Å²) in [6.45, 7) is 5.56. The van der Waals surface area contributed by atoms with Crippen LogP contribution >= 0.6 is 0 Å². The van der Waals surface area contributed by atoms with E-state index in [1.54, 1.807) is 14.2 Å². The molecule has 5 nitrogen and oxygen atoms in total. The van der Waals surface area contributed by atoms with Crippen molar-refractivity contribution in [1.29, 1.82) is 0 Å². The van der Waals surface area contributed by atoms with Gasteiger partial charge in [0.25, 0.3) is 0 Å². The number of methoxy groups -OCH3 is 2. The molecule has 0 bridgehead atoms. The van der Waals surface area contributed by atoms with Crippen LogP contribution in [0.2, 0.25) is 0 Å². The Bertz CT molecular complexity index is 174. The van der Waals surface area contributed by atoms with Crippen molar-refractivity contribution in [1.82, 2.24) is 4.90 Å². The SMILES string of the molecule is COCCCN(CCOC)CC(C)(CO)CO. The molecule has 0 amide bonds. The van der Waals surface area contributed by atoms with E-state index in [4.69, 9.17) is 9.47 Å². The zero-order valence-electron chi connectivity index (χ0n) is 11.3. The lowest BCUT2D eigenvalue weighted by molar-refractivity contribution is 0.0252. The van der Waals surface area contributed by atoms with Gasteiger partial charge in [0.05, 0.1) is 19.8 Å². The van der Waals surface area contributed by atoms with Gasteiger partial charge in [0.2, 0.25) is 0 Å². The number of hydrogen-bond acceptors (Lipinski definition) is 5. The molecule has 0 spiro atoms. The maximum absolute atomic E-state index is 9.29. The summed E-state index contributed by atoms with van der Waals surface area (Å²) < 4.78 is 10.1. The summed E-state index contributed by atoms with van der Waals surface area (Å²) in [5.41, 5.74) is -0.458. The van der Waals surface area contributed by atoms with E-state index in [2.05, 4.69) is 4.90 Å². The molecule has 0 rings (SSSR count). The molecule has 0 aliphatic heterocycles. The highest BCUT2D eigenvalue weighted by molar-refractivity contribution is 4.77. The maximum Gasteiger partial charge on any atom is 0.0589 e. The lowest BCUT2D eigenvalue weighted by Crippen LogP contribution is -2.42. The summed E-state index contributed by atoms with van der Waals surface area (Å²) in [7, 11) is 3.36. The Morgan fingerprint density at radius 3 is 2.06 bits per heavy atom. The Balaban J connectivity index is 4.15. The molecule has 0 radical (unpaired) electrons. The van der Waals surface area contributed by atoms with Gasteiger partial charge in [-0.25, -0.2) is 0 Å². The molecule has 0 aromatic carbocycles. The molecule has 0 saturated heterocycles. The van der Waals surface area contributed by atoms with Crippen molar-refractivity contribution < 1.29 is 19.7 Å². The van der Waals surface area contributed by atoms with Crippen LogP contribution in [0.1, 0.15) is 13.3 Å². The maximum atomic E-state index is 9.29. The average molecular weight is 249 g/mol. The van der Waals surface area contributed by atoms with Gasteiger partial charge in [-0.15, -0.1) is 0 Å². The first-order valence-electron chi connectivity index (χ1n) is 6.04. The van der Waals surface area contributed by atoms with Gasteiger partial charge in [0.15, 0.2) is 0 Å². The first-order valence-corrected chi connectivity index (χ1v) is 6.04. The largest absolute Gasteiger partial charge is 0.396 e. The van der Waals surface area contributed by atoms with Gasteiger partial charge in [-0.2, -0.15) is 0 Å². The van der Waals surface area contributed by atoms with Crippen molar-refractivity contribution in [3.05, 3.63) is 0 Å². The average Bonchev–Trinajstić information content (AvgIpc) is 2.35. The number of aliphatic hydroxyl groups excluding tert-OH is 2. The number of aliphatic hydroxyl groups is 2. The third kappa shape index (κ3) is 7.68. The molecule has 0 atom stereocenters. The van der Waals surface area contributed by atoms with E-state index in [1.165, 1.54) is 0 Å². The highest BCUT2D eigenvalue weighted by atomic mass is 16.5. The highest BCUT2D eigenvalue weighted by Gasteiger charge is 2.25. The van der Waals surface area contributed by atoms with Crippen LogP contribution in [-0.2, 0) is 9.47 Å². The lowest BCUT2D eigenvalue weighted by Gasteiger charge is -2.32. The predicted molar refractivity (Wildman–Crippen MR) is 67.1 cm³/mol. The van der Waals surface area contributed by atoms with E-state index in [1.807, 2.05) is 6.92 Å². The molecule has 104 valence electrons. The second kappa shape index (κ2) is 9.79. The molecule has 17 heavy (non-hydrogen) atoms. The highest BCUT2D eigenvalue weighted by Crippen LogP contribution is 2.16. The van der Waals surface area contributed by atoms with Crippen LogP contribution in [0, 0.1) is 5.41 Å². The van der Waals surface area contributed by atoms with E-state index in [9.17, 15) is 10.2 Å². The minimum atomic E-state index is -0.458. The van der Waals surface area contributed by atoms with E-state index in [0.29, 0.717) is 13.2 Å². The Morgan fingerprint density at radius 2 is 1.59 bits per heavy atom. The van der Waals surface area contributed by atoms with Gasteiger partial charge in [-0.05, 0) is 6.42 Å². The van der Waals surface area contributed by atoms with Gasteiger partial charge in [-0.1, -0.05) is 6.92 Å². The molecule has 0 aromatic rings. The zero-order valence-corrected chi connectivity index (χ0v) is 11.3. The Morgan fingerprint density at radius 1 is 1.00 bits per heavy atom. The number of nitrogens with zero attached hydrogens (tertiary/aromatic N) is 1. The third-order valence-corrected chi connectivity index (χ3v) is 2.80. The van der Waals surface area contributed by atoms with E-state index < -0.39 is 5.41 Å².